The summed E-state index contributed by atoms with van der Waals surface area (Å²) in [5.74, 6) is -0.476. The summed E-state index contributed by atoms with van der Waals surface area (Å²) in [7, 11) is -5.02. The number of phosphoric acid groups is 1. The SMILES string of the molecule is CC/C=C\C/C=C\C/C=C\C/C=C\CCCCCCCCCCCCCOCC(COP(=O)(O)OC1C(O)C(O)C(O)C(O)C1O)OC(=O)CCCCCCCCCCCCCCCCC. The lowest BCUT2D eigenvalue weighted by Crippen LogP contribution is -2.64. The van der Waals surface area contributed by atoms with Gasteiger partial charge in [0, 0.05) is 13.0 Å². The van der Waals surface area contributed by atoms with E-state index in [0.29, 0.717) is 13.0 Å². The van der Waals surface area contributed by atoms with Crippen LogP contribution in [-0.4, -0.2) is 98.9 Å². The van der Waals surface area contributed by atoms with Crippen molar-refractivity contribution in [3.8, 4) is 0 Å². The molecule has 6 unspecified atom stereocenters. The van der Waals surface area contributed by atoms with E-state index in [2.05, 4.69) is 62.5 Å². The topological polar surface area (TPSA) is 192 Å². The van der Waals surface area contributed by atoms with Crippen LogP contribution in [0.2, 0.25) is 0 Å². The molecule has 66 heavy (non-hydrogen) atoms. The van der Waals surface area contributed by atoms with Gasteiger partial charge in [0.2, 0.25) is 0 Å². The van der Waals surface area contributed by atoms with Crippen LogP contribution >= 0.6 is 7.82 Å². The van der Waals surface area contributed by atoms with Gasteiger partial charge in [0.15, 0.2) is 0 Å². The summed E-state index contributed by atoms with van der Waals surface area (Å²) in [4.78, 5) is 23.2. The van der Waals surface area contributed by atoms with Crippen molar-refractivity contribution in [3.05, 3.63) is 48.6 Å². The van der Waals surface area contributed by atoms with Gasteiger partial charge in [0.25, 0.3) is 0 Å². The van der Waals surface area contributed by atoms with Crippen molar-refractivity contribution >= 4 is 13.8 Å². The predicted octanol–water partition coefficient (Wildman–Crippen LogP) is 12.0. The standard InChI is InChI=1S/C53H97O12P/c1-3-5-7-9-11-13-15-17-19-20-21-22-23-24-25-26-27-29-31-33-35-37-39-41-43-62-44-46(45-63-66(60,61)65-53-51(58)49(56)48(55)50(57)52(53)59)64-47(54)42-40-38-36-34-32-30-28-18-16-14-12-10-8-6-4-2/h5,7,11,13,17,19,21-22,46,48-53,55-59H,3-4,6,8-10,12,14-16,18,20,23-45H2,1-2H3,(H,60,61)/b7-5-,13-11-,19-17-,22-21-. The first kappa shape index (κ1) is 62.3. The van der Waals surface area contributed by atoms with E-state index in [0.717, 1.165) is 70.6 Å². The molecule has 0 radical (unpaired) electrons. The van der Waals surface area contributed by atoms with Crippen molar-refractivity contribution in [1.29, 1.82) is 0 Å². The molecule has 0 bridgehead atoms. The lowest BCUT2D eigenvalue weighted by molar-refractivity contribution is -0.220. The van der Waals surface area contributed by atoms with E-state index in [9.17, 15) is 39.8 Å². The van der Waals surface area contributed by atoms with Gasteiger partial charge in [-0.1, -0.05) is 210 Å². The highest BCUT2D eigenvalue weighted by atomic mass is 31.2. The zero-order valence-corrected chi connectivity index (χ0v) is 42.4. The van der Waals surface area contributed by atoms with E-state index in [1.165, 1.54) is 122 Å². The molecule has 1 aliphatic carbocycles. The molecule has 13 heteroatoms. The van der Waals surface area contributed by atoms with Crippen molar-refractivity contribution in [3.63, 3.8) is 0 Å². The second-order valence-corrected chi connectivity index (χ2v) is 19.8. The Kier molecular flexibility index (Phi) is 40.9. The van der Waals surface area contributed by atoms with Gasteiger partial charge in [-0.2, -0.15) is 0 Å². The zero-order chi connectivity index (χ0) is 48.4. The van der Waals surface area contributed by atoms with Crippen molar-refractivity contribution in [2.24, 2.45) is 0 Å². The number of phosphoric ester groups is 1. The lowest BCUT2D eigenvalue weighted by Gasteiger charge is -2.41. The smallest absolute Gasteiger partial charge is 0.457 e. The molecule has 1 aliphatic rings. The molecule has 12 nitrogen and oxygen atoms in total. The van der Waals surface area contributed by atoms with E-state index in [1.54, 1.807) is 0 Å². The number of hydrogen-bond donors (Lipinski definition) is 6. The molecule has 0 spiro atoms. The number of esters is 1. The van der Waals surface area contributed by atoms with Gasteiger partial charge >= 0.3 is 13.8 Å². The monoisotopic (exact) mass is 957 g/mol. The van der Waals surface area contributed by atoms with Crippen molar-refractivity contribution < 1.29 is 58.3 Å². The minimum absolute atomic E-state index is 0.0770. The highest BCUT2D eigenvalue weighted by Crippen LogP contribution is 2.47. The van der Waals surface area contributed by atoms with Crippen LogP contribution in [0.3, 0.4) is 0 Å². The van der Waals surface area contributed by atoms with Crippen LogP contribution in [0.15, 0.2) is 48.6 Å². The molecule has 386 valence electrons. The lowest BCUT2D eigenvalue weighted by atomic mass is 9.85. The maximum Gasteiger partial charge on any atom is 0.472 e. The fourth-order valence-corrected chi connectivity index (χ4v) is 9.03. The highest BCUT2D eigenvalue weighted by molar-refractivity contribution is 7.47. The van der Waals surface area contributed by atoms with Gasteiger partial charge < -0.3 is 39.9 Å². The second-order valence-electron chi connectivity index (χ2n) is 18.4. The number of carbonyl (C=O) groups excluding carboxylic acids is 1. The average molecular weight is 957 g/mol. The number of rotatable bonds is 45. The van der Waals surface area contributed by atoms with Crippen LogP contribution in [0.5, 0.6) is 0 Å². The Bertz CT molecular complexity index is 1270. The molecule has 0 heterocycles. The van der Waals surface area contributed by atoms with E-state index in [4.69, 9.17) is 18.5 Å². The summed E-state index contributed by atoms with van der Waals surface area (Å²) in [5.41, 5.74) is 0. The Balaban J connectivity index is 2.30. The summed E-state index contributed by atoms with van der Waals surface area (Å²) in [6.45, 7) is 4.17. The molecule has 1 fully saturated rings. The molecule has 0 aromatic rings. The summed E-state index contributed by atoms with van der Waals surface area (Å²) in [5, 5.41) is 50.3. The number of ether oxygens (including phenoxy) is 2. The first-order chi connectivity index (χ1) is 32.0. The van der Waals surface area contributed by atoms with Crippen LogP contribution in [-0.2, 0) is 27.9 Å². The van der Waals surface area contributed by atoms with E-state index in [1.807, 2.05) is 0 Å². The third-order valence-electron chi connectivity index (χ3n) is 12.2. The van der Waals surface area contributed by atoms with Crippen molar-refractivity contribution in [2.45, 2.75) is 262 Å². The molecule has 0 saturated heterocycles. The Morgan fingerprint density at radius 3 is 1.36 bits per heavy atom. The van der Waals surface area contributed by atoms with E-state index < -0.39 is 63.1 Å². The molecule has 1 saturated carbocycles. The van der Waals surface area contributed by atoms with Gasteiger partial charge in [-0.25, -0.2) is 4.57 Å². The number of allylic oxidation sites excluding steroid dienone is 8. The third kappa shape index (κ3) is 34.6. The van der Waals surface area contributed by atoms with Crippen LogP contribution < -0.4 is 0 Å². The van der Waals surface area contributed by atoms with E-state index in [-0.39, 0.29) is 13.0 Å². The predicted molar refractivity (Wildman–Crippen MR) is 267 cm³/mol. The molecule has 0 aromatic carbocycles. The van der Waals surface area contributed by atoms with Crippen LogP contribution in [0.4, 0.5) is 0 Å². The minimum Gasteiger partial charge on any atom is -0.457 e. The number of hydrogen-bond acceptors (Lipinski definition) is 11. The largest absolute Gasteiger partial charge is 0.472 e. The number of aliphatic hydroxyl groups excluding tert-OH is 5. The molecular weight excluding hydrogens is 860 g/mol. The first-order valence-electron chi connectivity index (χ1n) is 26.5. The highest BCUT2D eigenvalue weighted by Gasteiger charge is 2.51. The Hall–Kier alpha value is -1.70. The summed E-state index contributed by atoms with van der Waals surface area (Å²) < 4.78 is 34.3. The zero-order valence-electron chi connectivity index (χ0n) is 41.5. The molecule has 0 amide bonds. The molecule has 1 rings (SSSR count). The van der Waals surface area contributed by atoms with Crippen LogP contribution in [0.1, 0.15) is 219 Å². The second kappa shape index (κ2) is 43.3. The van der Waals surface area contributed by atoms with Crippen LogP contribution in [0, 0.1) is 0 Å². The normalized spacial score (nSPS) is 21.8. The van der Waals surface area contributed by atoms with Gasteiger partial charge in [-0.05, 0) is 51.4 Å². The maximum atomic E-state index is 12.9. The quantitative estimate of drug-likeness (QED) is 0.0147. The van der Waals surface area contributed by atoms with Crippen molar-refractivity contribution in [1.82, 2.24) is 0 Å². The van der Waals surface area contributed by atoms with Crippen molar-refractivity contribution in [2.75, 3.05) is 19.8 Å². The maximum absolute atomic E-state index is 12.9. The van der Waals surface area contributed by atoms with Crippen LogP contribution in [0.25, 0.3) is 0 Å². The van der Waals surface area contributed by atoms with Gasteiger partial charge in [-0.3, -0.25) is 13.8 Å². The first-order valence-corrected chi connectivity index (χ1v) is 28.0. The fourth-order valence-electron chi connectivity index (χ4n) is 8.05. The third-order valence-corrected chi connectivity index (χ3v) is 13.2. The molecular formula is C53H97O12P. The van der Waals surface area contributed by atoms with E-state index >= 15 is 0 Å². The summed E-state index contributed by atoms with van der Waals surface area (Å²) in [6, 6.07) is 0. The fraction of sp³-hybridized carbons (Fsp3) is 0.830. The molecule has 6 N–H and O–H groups in total. The Morgan fingerprint density at radius 1 is 0.500 bits per heavy atom. The van der Waals surface area contributed by atoms with Gasteiger partial charge in [-0.15, -0.1) is 0 Å². The number of aliphatic hydroxyl groups is 5. The Morgan fingerprint density at radius 2 is 0.894 bits per heavy atom. The average Bonchev–Trinajstić information content (AvgIpc) is 3.30. The minimum atomic E-state index is -5.02. The molecule has 0 aromatic heterocycles. The summed E-state index contributed by atoms with van der Waals surface area (Å²) in [6.07, 6.45) is 41.8. The number of carbonyl (C=O) groups is 1. The molecule has 6 atom stereocenters. The molecule has 0 aliphatic heterocycles. The Labute approximate surface area is 401 Å². The number of unbranched alkanes of at least 4 members (excludes halogenated alkanes) is 25. The van der Waals surface area contributed by atoms with Gasteiger partial charge in [0.05, 0.1) is 13.2 Å². The van der Waals surface area contributed by atoms with Gasteiger partial charge in [0.1, 0.15) is 42.7 Å². The summed E-state index contributed by atoms with van der Waals surface area (Å²) >= 11 is 0.